The highest BCUT2D eigenvalue weighted by Gasteiger charge is 2.27. The molecule has 1 aliphatic rings. The van der Waals surface area contributed by atoms with Crippen molar-refractivity contribution in [3.05, 3.63) is 44.2 Å². The first-order valence-corrected chi connectivity index (χ1v) is 11.9. The van der Waals surface area contributed by atoms with Crippen molar-refractivity contribution in [1.82, 2.24) is 0 Å². The van der Waals surface area contributed by atoms with Gasteiger partial charge in [-0.25, -0.2) is 4.79 Å². The monoisotopic (exact) mass is 493 g/mol. The lowest BCUT2D eigenvalue weighted by Crippen LogP contribution is -2.22. The second-order valence-corrected chi connectivity index (χ2v) is 10.4. The van der Waals surface area contributed by atoms with Gasteiger partial charge in [0.15, 0.2) is 6.61 Å². The van der Waals surface area contributed by atoms with Crippen LogP contribution in [0.25, 0.3) is 0 Å². The summed E-state index contributed by atoms with van der Waals surface area (Å²) in [6.45, 7) is 8.26. The number of esters is 1. The molecule has 1 aliphatic carbocycles. The van der Waals surface area contributed by atoms with Crippen LogP contribution in [0.3, 0.4) is 0 Å². The number of carbonyl (C=O) groups excluding carboxylic acids is 2. The van der Waals surface area contributed by atoms with Gasteiger partial charge in [-0.2, -0.15) is 0 Å². The molecular weight excluding hydrogens is 466 g/mol. The molecule has 1 aromatic carbocycles. The van der Waals surface area contributed by atoms with Gasteiger partial charge in [0.1, 0.15) is 10.8 Å². The Kier molecular flexibility index (Phi) is 7.24. The van der Waals surface area contributed by atoms with Crippen molar-refractivity contribution >= 4 is 44.1 Å². The Hall–Kier alpha value is -1.86. The largest absolute Gasteiger partial charge is 0.483 e. The smallest absolute Gasteiger partial charge is 0.341 e. The van der Waals surface area contributed by atoms with E-state index in [4.69, 9.17) is 9.47 Å². The Labute approximate surface area is 190 Å². The molecule has 0 bridgehead atoms. The first-order valence-electron chi connectivity index (χ1n) is 10.2. The van der Waals surface area contributed by atoms with Gasteiger partial charge in [-0.15, -0.1) is 11.3 Å². The highest BCUT2D eigenvalue weighted by Crippen LogP contribution is 2.39. The van der Waals surface area contributed by atoms with Crippen LogP contribution in [0.2, 0.25) is 0 Å². The minimum atomic E-state index is -0.365. The summed E-state index contributed by atoms with van der Waals surface area (Å²) in [5.41, 5.74) is 2.44. The molecule has 30 heavy (non-hydrogen) atoms. The summed E-state index contributed by atoms with van der Waals surface area (Å²) in [6, 6.07) is 5.78. The molecule has 1 amide bonds. The van der Waals surface area contributed by atoms with Gasteiger partial charge in [0.25, 0.3) is 5.91 Å². The molecule has 1 N–H and O–H groups in total. The Morgan fingerprint density at radius 2 is 1.93 bits per heavy atom. The molecule has 3 rings (SSSR count). The van der Waals surface area contributed by atoms with Crippen molar-refractivity contribution < 1.29 is 19.1 Å². The van der Waals surface area contributed by atoms with E-state index in [0.717, 1.165) is 41.3 Å². The van der Waals surface area contributed by atoms with Crippen molar-refractivity contribution in [2.45, 2.75) is 58.8 Å². The molecule has 0 spiro atoms. The number of fused-ring (bicyclic) bond motifs is 1. The third-order valence-corrected chi connectivity index (χ3v) is 6.71. The van der Waals surface area contributed by atoms with Crippen LogP contribution in [-0.4, -0.2) is 25.1 Å². The molecule has 0 unspecified atom stereocenters. The van der Waals surface area contributed by atoms with Gasteiger partial charge in [-0.3, -0.25) is 4.79 Å². The van der Waals surface area contributed by atoms with E-state index in [1.54, 1.807) is 6.92 Å². The Bertz CT molecular complexity index is 945. The van der Waals surface area contributed by atoms with E-state index >= 15 is 0 Å². The van der Waals surface area contributed by atoms with Crippen LogP contribution in [0, 0.1) is 0 Å². The molecule has 162 valence electrons. The SMILES string of the molecule is CCOC(=O)c1c(NC(=O)COc2ccc(Br)cc2C(C)(C)C)sc2c1CCCC2. The Morgan fingerprint density at radius 3 is 2.63 bits per heavy atom. The molecule has 0 fully saturated rings. The van der Waals surface area contributed by atoms with E-state index in [0.29, 0.717) is 22.9 Å². The summed E-state index contributed by atoms with van der Waals surface area (Å²) in [5, 5.41) is 3.46. The molecular formula is C23H28BrNO4S. The average molecular weight is 494 g/mol. The van der Waals surface area contributed by atoms with Crippen LogP contribution < -0.4 is 10.1 Å². The molecule has 5 nitrogen and oxygen atoms in total. The first-order chi connectivity index (χ1) is 14.2. The van der Waals surface area contributed by atoms with Crippen molar-refractivity contribution in [2.75, 3.05) is 18.5 Å². The van der Waals surface area contributed by atoms with Crippen LogP contribution in [0.5, 0.6) is 5.75 Å². The van der Waals surface area contributed by atoms with E-state index in [1.165, 1.54) is 16.2 Å². The van der Waals surface area contributed by atoms with Crippen LogP contribution in [0.15, 0.2) is 22.7 Å². The summed E-state index contributed by atoms with van der Waals surface area (Å²) in [7, 11) is 0. The molecule has 0 atom stereocenters. The van der Waals surface area contributed by atoms with Crippen LogP contribution in [-0.2, 0) is 27.8 Å². The van der Waals surface area contributed by atoms with Gasteiger partial charge in [-0.05, 0) is 61.8 Å². The maximum atomic E-state index is 12.7. The zero-order chi connectivity index (χ0) is 21.9. The maximum absolute atomic E-state index is 12.7. The van der Waals surface area contributed by atoms with Crippen molar-refractivity contribution in [1.29, 1.82) is 0 Å². The maximum Gasteiger partial charge on any atom is 0.341 e. The summed E-state index contributed by atoms with van der Waals surface area (Å²) in [5.74, 6) is 0.0231. The number of anilines is 1. The van der Waals surface area contributed by atoms with Crippen molar-refractivity contribution in [3.63, 3.8) is 0 Å². The molecule has 1 heterocycles. The molecule has 7 heteroatoms. The lowest BCUT2D eigenvalue weighted by molar-refractivity contribution is -0.118. The number of rotatable bonds is 6. The number of hydrogen-bond acceptors (Lipinski definition) is 5. The minimum Gasteiger partial charge on any atom is -0.483 e. The number of nitrogens with one attached hydrogen (secondary N) is 1. The number of ether oxygens (including phenoxy) is 2. The fraction of sp³-hybridized carbons (Fsp3) is 0.478. The van der Waals surface area contributed by atoms with E-state index in [2.05, 4.69) is 42.0 Å². The highest BCUT2D eigenvalue weighted by molar-refractivity contribution is 9.10. The van der Waals surface area contributed by atoms with Crippen LogP contribution in [0.1, 0.15) is 66.9 Å². The number of amides is 1. The van der Waals surface area contributed by atoms with Crippen LogP contribution in [0.4, 0.5) is 5.00 Å². The average Bonchev–Trinajstić information content (AvgIpc) is 3.04. The van der Waals surface area contributed by atoms with Crippen molar-refractivity contribution in [3.8, 4) is 5.75 Å². The third kappa shape index (κ3) is 5.24. The number of halogens is 1. The van der Waals surface area contributed by atoms with Gasteiger partial charge < -0.3 is 14.8 Å². The first kappa shape index (κ1) is 22.8. The molecule has 2 aromatic rings. The molecule has 0 aliphatic heterocycles. The van der Waals surface area contributed by atoms with E-state index in [1.807, 2.05) is 18.2 Å². The van der Waals surface area contributed by atoms with Gasteiger partial charge in [-0.1, -0.05) is 36.7 Å². The quantitative estimate of drug-likeness (QED) is 0.510. The van der Waals surface area contributed by atoms with Gasteiger partial charge in [0, 0.05) is 14.9 Å². The van der Waals surface area contributed by atoms with E-state index < -0.39 is 0 Å². The predicted octanol–water partition coefficient (Wildman–Crippen LogP) is 5.88. The predicted molar refractivity (Wildman–Crippen MR) is 124 cm³/mol. The normalized spacial score (nSPS) is 13.5. The molecule has 0 radical (unpaired) electrons. The second kappa shape index (κ2) is 9.52. The lowest BCUT2D eigenvalue weighted by atomic mass is 9.86. The van der Waals surface area contributed by atoms with Gasteiger partial charge in [0.2, 0.25) is 0 Å². The van der Waals surface area contributed by atoms with Crippen LogP contribution >= 0.6 is 27.3 Å². The minimum absolute atomic E-state index is 0.126. The second-order valence-electron chi connectivity index (χ2n) is 8.36. The highest BCUT2D eigenvalue weighted by atomic mass is 79.9. The van der Waals surface area contributed by atoms with Crippen molar-refractivity contribution in [2.24, 2.45) is 0 Å². The summed E-state index contributed by atoms with van der Waals surface area (Å²) >= 11 is 4.98. The van der Waals surface area contributed by atoms with Gasteiger partial charge >= 0.3 is 5.97 Å². The number of aryl methyl sites for hydroxylation is 1. The summed E-state index contributed by atoms with van der Waals surface area (Å²) < 4.78 is 12.1. The number of hydrogen-bond donors (Lipinski definition) is 1. The lowest BCUT2D eigenvalue weighted by Gasteiger charge is -2.23. The Morgan fingerprint density at radius 1 is 1.20 bits per heavy atom. The molecule has 0 saturated carbocycles. The van der Waals surface area contributed by atoms with E-state index in [-0.39, 0.29) is 23.9 Å². The van der Waals surface area contributed by atoms with Gasteiger partial charge in [0.05, 0.1) is 12.2 Å². The number of carbonyl (C=O) groups is 2. The standard InChI is InChI=1S/C23H28BrNO4S/c1-5-28-22(27)20-15-8-6-7-9-18(15)30-21(20)25-19(26)13-29-17-11-10-14(24)12-16(17)23(2,3)4/h10-12H,5-9,13H2,1-4H3,(H,25,26). The summed E-state index contributed by atoms with van der Waals surface area (Å²) in [6.07, 6.45) is 3.93. The Balaban J connectivity index is 1.76. The van der Waals surface area contributed by atoms with E-state index in [9.17, 15) is 9.59 Å². The molecule has 0 saturated heterocycles. The fourth-order valence-corrected chi connectivity index (χ4v) is 5.25. The zero-order valence-corrected chi connectivity index (χ0v) is 20.3. The molecule has 1 aromatic heterocycles. The fourth-order valence-electron chi connectivity index (χ4n) is 3.59. The zero-order valence-electron chi connectivity index (χ0n) is 17.9. The number of benzene rings is 1. The third-order valence-electron chi connectivity index (χ3n) is 5.01. The summed E-state index contributed by atoms with van der Waals surface area (Å²) in [4.78, 5) is 26.4. The topological polar surface area (TPSA) is 64.6 Å². The number of thiophene rings is 1.